The Morgan fingerprint density at radius 2 is 1.81 bits per heavy atom. The van der Waals surface area contributed by atoms with Gasteiger partial charge < -0.3 is 10.0 Å². The number of amides is 1. The van der Waals surface area contributed by atoms with Crippen molar-refractivity contribution in [2.75, 3.05) is 32.7 Å². The van der Waals surface area contributed by atoms with Gasteiger partial charge in [0.15, 0.2) is 0 Å². The molecule has 5 nitrogen and oxygen atoms in total. The summed E-state index contributed by atoms with van der Waals surface area (Å²) in [5, 5.41) is 10.2. The van der Waals surface area contributed by atoms with Gasteiger partial charge in [0.25, 0.3) is 5.91 Å². The molecule has 142 valence electrons. The van der Waals surface area contributed by atoms with Crippen LogP contribution in [0.5, 0.6) is 0 Å². The lowest BCUT2D eigenvalue weighted by atomic mass is 9.96. The van der Waals surface area contributed by atoms with E-state index in [1.54, 1.807) is 26.2 Å². The van der Waals surface area contributed by atoms with Gasteiger partial charge in [0.2, 0.25) is 0 Å². The van der Waals surface area contributed by atoms with Crippen LogP contribution in [-0.2, 0) is 5.60 Å². The van der Waals surface area contributed by atoms with Gasteiger partial charge in [-0.3, -0.25) is 14.7 Å². The van der Waals surface area contributed by atoms with Crippen LogP contribution in [0.1, 0.15) is 29.8 Å². The van der Waals surface area contributed by atoms with Crippen molar-refractivity contribution in [1.82, 2.24) is 14.8 Å². The highest BCUT2D eigenvalue weighted by molar-refractivity contribution is 5.94. The Labute approximate surface area is 161 Å². The third-order valence-corrected chi connectivity index (χ3v) is 4.96. The fourth-order valence-electron chi connectivity index (χ4n) is 3.24. The molecule has 0 spiro atoms. The Kier molecular flexibility index (Phi) is 5.73. The van der Waals surface area contributed by atoms with Crippen LogP contribution in [0.3, 0.4) is 0 Å². The molecule has 0 bridgehead atoms. The van der Waals surface area contributed by atoms with Crippen molar-refractivity contribution < 1.29 is 9.90 Å². The predicted molar refractivity (Wildman–Crippen MR) is 107 cm³/mol. The van der Waals surface area contributed by atoms with E-state index in [0.717, 1.165) is 49.4 Å². The zero-order valence-electron chi connectivity index (χ0n) is 16.1. The molecule has 0 atom stereocenters. The maximum atomic E-state index is 12.7. The smallest absolute Gasteiger partial charge is 0.253 e. The molecule has 0 aliphatic carbocycles. The SMILES string of the molecule is C=CCN1CCN(C(=O)c2ccc(-c3cncc(C(C)(C)O)c3)cc2)CC1. The number of carbonyl (C=O) groups is 1. The molecule has 0 saturated carbocycles. The monoisotopic (exact) mass is 365 g/mol. The summed E-state index contributed by atoms with van der Waals surface area (Å²) in [4.78, 5) is 21.2. The summed E-state index contributed by atoms with van der Waals surface area (Å²) in [6.07, 6.45) is 5.34. The zero-order valence-corrected chi connectivity index (χ0v) is 16.1. The minimum absolute atomic E-state index is 0.0724. The molecule has 1 aromatic carbocycles. The second kappa shape index (κ2) is 8.03. The molecular weight excluding hydrogens is 338 g/mol. The first-order valence-corrected chi connectivity index (χ1v) is 9.29. The Morgan fingerprint density at radius 3 is 2.41 bits per heavy atom. The van der Waals surface area contributed by atoms with Crippen LogP contribution in [-0.4, -0.2) is 58.5 Å². The number of piperazine rings is 1. The third-order valence-electron chi connectivity index (χ3n) is 4.96. The number of nitrogens with zero attached hydrogens (tertiary/aromatic N) is 3. The molecule has 0 unspecified atom stereocenters. The van der Waals surface area contributed by atoms with E-state index < -0.39 is 5.60 Å². The third kappa shape index (κ3) is 4.62. The van der Waals surface area contributed by atoms with Crippen molar-refractivity contribution in [1.29, 1.82) is 0 Å². The normalized spacial score (nSPS) is 15.6. The standard InChI is InChI=1S/C22H27N3O2/c1-4-9-24-10-12-25(13-11-24)21(26)18-7-5-17(6-8-18)19-14-20(16-23-15-19)22(2,3)27/h4-8,14-16,27H,1,9-13H2,2-3H3. The molecule has 1 fully saturated rings. The van der Waals surface area contributed by atoms with E-state index in [2.05, 4.69) is 16.5 Å². The second-order valence-electron chi connectivity index (χ2n) is 7.48. The Hall–Kier alpha value is -2.50. The molecule has 27 heavy (non-hydrogen) atoms. The van der Waals surface area contributed by atoms with Crippen LogP contribution in [0.2, 0.25) is 0 Å². The van der Waals surface area contributed by atoms with Gasteiger partial charge in [0.1, 0.15) is 0 Å². The lowest BCUT2D eigenvalue weighted by molar-refractivity contribution is 0.0650. The van der Waals surface area contributed by atoms with Crippen molar-refractivity contribution in [2.45, 2.75) is 19.4 Å². The molecule has 1 saturated heterocycles. The van der Waals surface area contributed by atoms with E-state index in [-0.39, 0.29) is 5.91 Å². The highest BCUT2D eigenvalue weighted by Gasteiger charge is 2.21. The van der Waals surface area contributed by atoms with Crippen molar-refractivity contribution in [2.24, 2.45) is 0 Å². The highest BCUT2D eigenvalue weighted by Crippen LogP contribution is 2.25. The van der Waals surface area contributed by atoms with E-state index in [1.165, 1.54) is 0 Å². The first-order valence-electron chi connectivity index (χ1n) is 9.29. The molecule has 0 radical (unpaired) electrons. The number of aliphatic hydroxyl groups is 1. The maximum absolute atomic E-state index is 12.7. The second-order valence-corrected chi connectivity index (χ2v) is 7.48. The van der Waals surface area contributed by atoms with Gasteiger partial charge in [-0.2, -0.15) is 0 Å². The lowest BCUT2D eigenvalue weighted by Crippen LogP contribution is -2.48. The van der Waals surface area contributed by atoms with E-state index >= 15 is 0 Å². The van der Waals surface area contributed by atoms with Gasteiger partial charge in [-0.15, -0.1) is 6.58 Å². The minimum atomic E-state index is -0.938. The molecule has 2 aromatic rings. The van der Waals surface area contributed by atoms with Gasteiger partial charge in [0, 0.05) is 61.8 Å². The summed E-state index contributed by atoms with van der Waals surface area (Å²) in [7, 11) is 0. The van der Waals surface area contributed by atoms with Crippen molar-refractivity contribution >= 4 is 5.91 Å². The molecule has 2 heterocycles. The molecular formula is C22H27N3O2. The highest BCUT2D eigenvalue weighted by atomic mass is 16.3. The fourth-order valence-corrected chi connectivity index (χ4v) is 3.24. The van der Waals surface area contributed by atoms with E-state index in [1.807, 2.05) is 41.3 Å². The summed E-state index contributed by atoms with van der Waals surface area (Å²) in [5.74, 6) is 0.0724. The van der Waals surface area contributed by atoms with Crippen LogP contribution in [0.4, 0.5) is 0 Å². The topological polar surface area (TPSA) is 56.7 Å². The van der Waals surface area contributed by atoms with E-state index in [0.29, 0.717) is 5.56 Å². The van der Waals surface area contributed by atoms with Crippen molar-refractivity contribution in [3.8, 4) is 11.1 Å². The number of hydrogen-bond donors (Lipinski definition) is 1. The number of carbonyl (C=O) groups excluding carboxylic acids is 1. The number of pyridine rings is 1. The van der Waals surface area contributed by atoms with E-state index in [4.69, 9.17) is 0 Å². The fraction of sp³-hybridized carbons (Fsp3) is 0.364. The minimum Gasteiger partial charge on any atom is -0.386 e. The van der Waals surface area contributed by atoms with Crippen molar-refractivity contribution in [3.63, 3.8) is 0 Å². The van der Waals surface area contributed by atoms with Crippen LogP contribution in [0.25, 0.3) is 11.1 Å². The van der Waals surface area contributed by atoms with Crippen LogP contribution in [0.15, 0.2) is 55.4 Å². The van der Waals surface area contributed by atoms with Gasteiger partial charge in [-0.05, 0) is 37.6 Å². The summed E-state index contributed by atoms with van der Waals surface area (Å²) >= 11 is 0. The molecule has 1 aromatic heterocycles. The molecule has 5 heteroatoms. The number of benzene rings is 1. The van der Waals surface area contributed by atoms with Crippen LogP contribution >= 0.6 is 0 Å². The summed E-state index contributed by atoms with van der Waals surface area (Å²) in [6, 6.07) is 9.54. The molecule has 1 N–H and O–H groups in total. The lowest BCUT2D eigenvalue weighted by Gasteiger charge is -2.34. The first-order chi connectivity index (χ1) is 12.9. The summed E-state index contributed by atoms with van der Waals surface area (Å²) in [5.41, 5.74) is 2.42. The van der Waals surface area contributed by atoms with Gasteiger partial charge >= 0.3 is 0 Å². The van der Waals surface area contributed by atoms with Gasteiger partial charge in [-0.25, -0.2) is 0 Å². The average molecular weight is 365 g/mol. The molecule has 1 aliphatic heterocycles. The Balaban J connectivity index is 1.71. The number of aromatic nitrogens is 1. The number of hydrogen-bond acceptors (Lipinski definition) is 4. The molecule has 1 aliphatic rings. The van der Waals surface area contributed by atoms with Crippen LogP contribution in [0, 0.1) is 0 Å². The Morgan fingerprint density at radius 1 is 1.15 bits per heavy atom. The van der Waals surface area contributed by atoms with Crippen LogP contribution < -0.4 is 0 Å². The predicted octanol–water partition coefficient (Wildman–Crippen LogP) is 2.92. The first kappa shape index (κ1) is 19.3. The number of rotatable bonds is 5. The molecule has 3 rings (SSSR count). The Bertz CT molecular complexity index is 801. The van der Waals surface area contributed by atoms with Crippen molar-refractivity contribution in [3.05, 3.63) is 66.5 Å². The quantitative estimate of drug-likeness (QED) is 0.828. The summed E-state index contributed by atoms with van der Waals surface area (Å²) < 4.78 is 0. The zero-order chi connectivity index (χ0) is 19.4. The van der Waals surface area contributed by atoms with E-state index in [9.17, 15) is 9.90 Å². The average Bonchev–Trinajstić information content (AvgIpc) is 2.68. The summed E-state index contributed by atoms with van der Waals surface area (Å²) in [6.45, 7) is 11.4. The maximum Gasteiger partial charge on any atom is 0.253 e. The molecule has 1 amide bonds. The van der Waals surface area contributed by atoms with Gasteiger partial charge in [0.05, 0.1) is 5.60 Å². The largest absolute Gasteiger partial charge is 0.386 e. The van der Waals surface area contributed by atoms with Gasteiger partial charge in [-0.1, -0.05) is 18.2 Å².